The number of aliphatic hydroxyl groups excluding tert-OH is 3. The molecular weight excluding hydrogens is 360 g/mol. The second kappa shape index (κ2) is 16.1. The molecule has 1 fully saturated rings. The van der Waals surface area contributed by atoms with Crippen molar-refractivity contribution >= 4 is 5.97 Å². The lowest BCUT2D eigenvalue weighted by molar-refractivity contribution is -0.210. The maximum Gasteiger partial charge on any atom is 0.306 e. The van der Waals surface area contributed by atoms with Crippen molar-refractivity contribution in [1.29, 1.82) is 0 Å². The summed E-state index contributed by atoms with van der Waals surface area (Å²) in [7, 11) is 0. The summed E-state index contributed by atoms with van der Waals surface area (Å²) < 4.78 is 10.4. The summed E-state index contributed by atoms with van der Waals surface area (Å²) >= 11 is 0. The molecule has 1 heterocycles. The minimum absolute atomic E-state index is 0.00615. The van der Waals surface area contributed by atoms with Gasteiger partial charge in [-0.3, -0.25) is 4.79 Å². The molecule has 0 amide bonds. The minimum atomic E-state index is -1.24. The van der Waals surface area contributed by atoms with Crippen LogP contribution >= 0.6 is 0 Å². The van der Waals surface area contributed by atoms with Gasteiger partial charge in [0, 0.05) is 6.42 Å². The van der Waals surface area contributed by atoms with E-state index in [0.29, 0.717) is 6.42 Å². The fourth-order valence-electron chi connectivity index (χ4n) is 3.63. The highest BCUT2D eigenvalue weighted by Crippen LogP contribution is 2.19. The fourth-order valence-corrected chi connectivity index (χ4v) is 3.63. The molecule has 0 saturated carbocycles. The Balaban J connectivity index is 1.93. The van der Waals surface area contributed by atoms with Gasteiger partial charge in [-0.05, 0) is 6.42 Å². The first-order valence-electron chi connectivity index (χ1n) is 11.4. The van der Waals surface area contributed by atoms with E-state index in [-0.39, 0.29) is 19.2 Å². The Morgan fingerprint density at radius 1 is 0.857 bits per heavy atom. The van der Waals surface area contributed by atoms with Gasteiger partial charge >= 0.3 is 5.97 Å². The van der Waals surface area contributed by atoms with Crippen LogP contribution in [0.3, 0.4) is 0 Å². The average molecular weight is 403 g/mol. The van der Waals surface area contributed by atoms with E-state index in [9.17, 15) is 15.0 Å². The highest BCUT2D eigenvalue weighted by Gasteiger charge is 2.40. The first-order chi connectivity index (χ1) is 13.6. The zero-order valence-electron chi connectivity index (χ0n) is 17.7. The third kappa shape index (κ3) is 10.7. The van der Waals surface area contributed by atoms with Gasteiger partial charge in [0.1, 0.15) is 18.3 Å². The third-order valence-electron chi connectivity index (χ3n) is 5.53. The van der Waals surface area contributed by atoms with Crippen molar-refractivity contribution in [3.63, 3.8) is 0 Å². The molecule has 6 nitrogen and oxygen atoms in total. The van der Waals surface area contributed by atoms with Crippen LogP contribution in [0.15, 0.2) is 0 Å². The van der Waals surface area contributed by atoms with Gasteiger partial charge in [-0.2, -0.15) is 0 Å². The average Bonchev–Trinajstić information content (AvgIpc) is 2.69. The van der Waals surface area contributed by atoms with Crippen molar-refractivity contribution in [2.24, 2.45) is 0 Å². The van der Waals surface area contributed by atoms with E-state index in [4.69, 9.17) is 14.6 Å². The molecule has 0 unspecified atom stereocenters. The SMILES string of the molecule is CCCCCCCCCCCCCCCC(=O)O[C@@H]1CO[C@H](CO)[C@@H](O)[C@@H]1O. The molecule has 0 aliphatic carbocycles. The molecule has 4 atom stereocenters. The molecule has 28 heavy (non-hydrogen) atoms. The first-order valence-corrected chi connectivity index (χ1v) is 11.4. The maximum atomic E-state index is 11.9. The van der Waals surface area contributed by atoms with Gasteiger partial charge in [-0.1, -0.05) is 84.0 Å². The Labute approximate surface area is 170 Å². The minimum Gasteiger partial charge on any atom is -0.457 e. The van der Waals surface area contributed by atoms with Gasteiger partial charge < -0.3 is 24.8 Å². The summed E-state index contributed by atoms with van der Waals surface area (Å²) in [6.07, 6.45) is 12.4. The number of unbranched alkanes of at least 4 members (excludes halogenated alkanes) is 12. The van der Waals surface area contributed by atoms with E-state index in [1.807, 2.05) is 0 Å². The predicted molar refractivity (Wildman–Crippen MR) is 109 cm³/mol. The number of rotatable bonds is 16. The Bertz CT molecular complexity index is 389. The largest absolute Gasteiger partial charge is 0.457 e. The van der Waals surface area contributed by atoms with Crippen LogP contribution in [-0.2, 0) is 14.3 Å². The molecule has 1 saturated heterocycles. The van der Waals surface area contributed by atoms with Crippen LogP contribution in [0.25, 0.3) is 0 Å². The lowest BCUT2D eigenvalue weighted by Gasteiger charge is -2.36. The Morgan fingerprint density at radius 3 is 1.86 bits per heavy atom. The van der Waals surface area contributed by atoms with Crippen molar-refractivity contribution in [3.8, 4) is 0 Å². The Hall–Kier alpha value is -0.690. The van der Waals surface area contributed by atoms with E-state index < -0.39 is 24.4 Å². The molecule has 0 bridgehead atoms. The highest BCUT2D eigenvalue weighted by molar-refractivity contribution is 5.69. The summed E-state index contributed by atoms with van der Waals surface area (Å²) in [6, 6.07) is 0. The van der Waals surface area contributed by atoms with Crippen LogP contribution in [0.5, 0.6) is 0 Å². The van der Waals surface area contributed by atoms with Crippen molar-refractivity contribution in [2.75, 3.05) is 13.2 Å². The molecule has 0 aromatic rings. The van der Waals surface area contributed by atoms with E-state index in [1.165, 1.54) is 64.2 Å². The quantitative estimate of drug-likeness (QED) is 0.270. The number of carbonyl (C=O) groups is 1. The Morgan fingerprint density at radius 2 is 1.36 bits per heavy atom. The van der Waals surface area contributed by atoms with Crippen LogP contribution in [0.1, 0.15) is 96.8 Å². The number of esters is 1. The molecule has 3 N–H and O–H groups in total. The molecule has 1 aliphatic rings. The van der Waals surface area contributed by atoms with Gasteiger partial charge in [0.25, 0.3) is 0 Å². The second-order valence-corrected chi connectivity index (χ2v) is 8.06. The molecule has 166 valence electrons. The summed E-state index contributed by atoms with van der Waals surface area (Å²) in [6.45, 7) is 1.86. The lowest BCUT2D eigenvalue weighted by atomic mass is 10.0. The standard InChI is InChI=1S/C22H42O6/c1-2-3-4-5-6-7-8-9-10-11-12-13-14-15-20(24)28-19-17-27-18(16-23)21(25)22(19)26/h18-19,21-23,25-26H,2-17H2,1H3/t18-,19-,21-,22-/m1/s1. The van der Waals surface area contributed by atoms with Crippen LogP contribution in [0, 0.1) is 0 Å². The van der Waals surface area contributed by atoms with Crippen molar-refractivity contribution in [1.82, 2.24) is 0 Å². The first kappa shape index (κ1) is 25.3. The van der Waals surface area contributed by atoms with Gasteiger partial charge in [0.15, 0.2) is 6.10 Å². The molecule has 6 heteroatoms. The van der Waals surface area contributed by atoms with Crippen LogP contribution < -0.4 is 0 Å². The number of hydrogen-bond acceptors (Lipinski definition) is 6. The van der Waals surface area contributed by atoms with Crippen molar-refractivity contribution in [2.45, 2.75) is 121 Å². The topological polar surface area (TPSA) is 96.2 Å². The van der Waals surface area contributed by atoms with Gasteiger partial charge in [-0.15, -0.1) is 0 Å². The molecule has 0 radical (unpaired) electrons. The van der Waals surface area contributed by atoms with Crippen LogP contribution in [0.4, 0.5) is 0 Å². The van der Waals surface area contributed by atoms with E-state index in [2.05, 4.69) is 6.92 Å². The van der Waals surface area contributed by atoms with E-state index in [0.717, 1.165) is 19.3 Å². The molecule has 0 aromatic heterocycles. The van der Waals surface area contributed by atoms with Gasteiger partial charge in [-0.25, -0.2) is 0 Å². The number of ether oxygens (including phenoxy) is 2. The summed E-state index contributed by atoms with van der Waals surface area (Å²) in [5.41, 5.74) is 0. The third-order valence-corrected chi connectivity index (χ3v) is 5.53. The van der Waals surface area contributed by atoms with Crippen molar-refractivity contribution < 1.29 is 29.6 Å². The van der Waals surface area contributed by atoms with Gasteiger partial charge in [0.2, 0.25) is 0 Å². The van der Waals surface area contributed by atoms with E-state index in [1.54, 1.807) is 0 Å². The van der Waals surface area contributed by atoms with E-state index >= 15 is 0 Å². The Kier molecular flexibility index (Phi) is 14.6. The fraction of sp³-hybridized carbons (Fsp3) is 0.955. The predicted octanol–water partition coefficient (Wildman–Crippen LogP) is 3.49. The second-order valence-electron chi connectivity index (χ2n) is 8.06. The molecular formula is C22H42O6. The molecule has 1 aliphatic heterocycles. The smallest absolute Gasteiger partial charge is 0.306 e. The summed E-state index contributed by atoms with van der Waals surface area (Å²) in [5.74, 6) is -0.370. The normalized spacial score (nSPS) is 25.0. The molecule has 1 rings (SSSR count). The van der Waals surface area contributed by atoms with Crippen LogP contribution in [0.2, 0.25) is 0 Å². The monoisotopic (exact) mass is 402 g/mol. The highest BCUT2D eigenvalue weighted by atomic mass is 16.6. The molecule has 0 aromatic carbocycles. The number of carbonyl (C=O) groups excluding carboxylic acids is 1. The summed E-state index contributed by atoms with van der Waals surface area (Å²) in [5, 5.41) is 28.8. The van der Waals surface area contributed by atoms with Crippen molar-refractivity contribution in [3.05, 3.63) is 0 Å². The maximum absolute atomic E-state index is 11.9. The number of aliphatic hydroxyl groups is 3. The lowest BCUT2D eigenvalue weighted by Crippen LogP contribution is -2.55. The van der Waals surface area contributed by atoms with Gasteiger partial charge in [0.05, 0.1) is 13.2 Å². The zero-order chi connectivity index (χ0) is 20.6. The zero-order valence-corrected chi connectivity index (χ0v) is 17.7. The van der Waals surface area contributed by atoms with Crippen LogP contribution in [-0.4, -0.2) is 58.9 Å². The molecule has 0 spiro atoms. The summed E-state index contributed by atoms with van der Waals surface area (Å²) in [4.78, 5) is 11.9. The number of hydrogen-bond donors (Lipinski definition) is 3.